The molecule has 6 aliphatic heterocycles. The average Bonchev–Trinajstić information content (AvgIpc) is 3.58. The zero-order valence-corrected chi connectivity index (χ0v) is 44.3. The van der Waals surface area contributed by atoms with Crippen LogP contribution in [0.25, 0.3) is 17.2 Å². The number of carbonyl (C=O) groups is 1. The van der Waals surface area contributed by atoms with Crippen molar-refractivity contribution in [2.24, 2.45) is 68.5 Å². The number of carboxylic acids is 1. The van der Waals surface area contributed by atoms with Crippen LogP contribution in [-0.2, 0) is 11.2 Å². The van der Waals surface area contributed by atoms with Crippen LogP contribution in [0.3, 0.4) is 0 Å². The Morgan fingerprint density at radius 1 is 0.889 bits per heavy atom. The Bertz CT molecular complexity index is 2860. The van der Waals surface area contributed by atoms with Crippen LogP contribution in [-0.4, -0.2) is 46.6 Å². The fraction of sp³-hybridized carbons (Fsp3) is 0.591. The third kappa shape index (κ3) is 7.23. The predicted octanol–water partition coefficient (Wildman–Crippen LogP) is 11.9. The van der Waals surface area contributed by atoms with Gasteiger partial charge in [0.25, 0.3) is 0 Å². The van der Waals surface area contributed by atoms with Crippen LogP contribution >= 0.6 is 0 Å². The molecule has 6 heterocycles. The summed E-state index contributed by atoms with van der Waals surface area (Å²) in [6.45, 7) is 18.6. The number of benzene rings is 2. The highest BCUT2D eigenvalue weighted by molar-refractivity contribution is 5.78. The molecule has 8 aliphatic carbocycles. The molecule has 0 unspecified atom stereocenters. The van der Waals surface area contributed by atoms with E-state index in [9.17, 15) is 20.1 Å². The summed E-state index contributed by atoms with van der Waals surface area (Å²) in [6.07, 6.45) is 28.8. The maximum atomic E-state index is 14.0. The highest BCUT2D eigenvalue weighted by Gasteiger charge is 2.75. The van der Waals surface area contributed by atoms with Crippen molar-refractivity contribution in [1.29, 1.82) is 0 Å². The van der Waals surface area contributed by atoms with Gasteiger partial charge in [0, 0.05) is 41.2 Å². The Morgan fingerprint density at radius 3 is 2.49 bits per heavy atom. The van der Waals surface area contributed by atoms with Gasteiger partial charge in [-0.25, -0.2) is 0 Å². The molecular weight excluding hydrogens is 885 g/mol. The topological polar surface area (TPSA) is 102 Å². The van der Waals surface area contributed by atoms with Crippen LogP contribution in [0.15, 0.2) is 113 Å². The monoisotopic (exact) mass is 969 g/mol. The highest BCUT2D eigenvalue weighted by atomic mass is 16.4. The third-order valence-electron chi connectivity index (χ3n) is 22.4. The molecular formula is C66H84N2O4. The summed E-state index contributed by atoms with van der Waals surface area (Å²) >= 11 is 0. The van der Waals surface area contributed by atoms with Crippen molar-refractivity contribution in [3.63, 3.8) is 0 Å². The number of allylic oxidation sites excluding steroid dienone is 9. The minimum Gasteiger partial charge on any atom is -0.481 e. The number of aliphatic hydroxyl groups excluding tert-OH is 2. The van der Waals surface area contributed by atoms with Gasteiger partial charge in [-0.15, -0.1) is 0 Å². The summed E-state index contributed by atoms with van der Waals surface area (Å²) in [5.74, 6) is 1.08. The summed E-state index contributed by atoms with van der Waals surface area (Å²) in [5.41, 5.74) is 11.1. The summed E-state index contributed by atoms with van der Waals surface area (Å²) in [6, 6.07) is 18.5. The number of aliphatic carboxylic acids is 1. The Morgan fingerprint density at radius 2 is 1.71 bits per heavy atom. The van der Waals surface area contributed by atoms with Gasteiger partial charge >= 0.3 is 5.97 Å². The largest absolute Gasteiger partial charge is 0.481 e. The van der Waals surface area contributed by atoms with Crippen molar-refractivity contribution in [2.45, 2.75) is 162 Å². The summed E-state index contributed by atoms with van der Waals surface area (Å²) in [4.78, 5) is 14.0. The number of hydrogen-bond donors (Lipinski definition) is 5. The molecule has 0 radical (unpaired) electrons. The minimum atomic E-state index is -0.755. The molecule has 72 heavy (non-hydrogen) atoms. The second-order valence-electron chi connectivity index (χ2n) is 26.3. The fourth-order valence-electron chi connectivity index (χ4n) is 19.2. The molecule has 5 N–H and O–H groups in total. The van der Waals surface area contributed by atoms with Crippen LogP contribution in [0.2, 0.25) is 0 Å². The van der Waals surface area contributed by atoms with Crippen LogP contribution in [0.4, 0.5) is 0 Å². The summed E-state index contributed by atoms with van der Waals surface area (Å²) in [7, 11) is 0. The molecule has 6 nitrogen and oxygen atoms in total. The maximum Gasteiger partial charge on any atom is 0.306 e. The highest BCUT2D eigenvalue weighted by Crippen LogP contribution is 2.81. The molecule has 0 aromatic heterocycles. The van der Waals surface area contributed by atoms with Crippen LogP contribution in [0, 0.1) is 68.5 Å². The molecule has 3 saturated carbocycles. The summed E-state index contributed by atoms with van der Waals surface area (Å²) < 4.78 is 0. The minimum absolute atomic E-state index is 0.129. The quantitative estimate of drug-likeness (QED) is 0.196. The predicted molar refractivity (Wildman–Crippen MR) is 291 cm³/mol. The molecule has 3 fully saturated rings. The van der Waals surface area contributed by atoms with Crippen molar-refractivity contribution in [1.82, 2.24) is 10.6 Å². The van der Waals surface area contributed by atoms with Gasteiger partial charge in [0.2, 0.25) is 0 Å². The number of carboxylic acid groups (broad SMARTS) is 1. The van der Waals surface area contributed by atoms with Gasteiger partial charge in [-0.05, 0) is 175 Å². The smallest absolute Gasteiger partial charge is 0.306 e. The maximum absolute atomic E-state index is 14.0. The third-order valence-corrected chi connectivity index (χ3v) is 22.4. The Labute approximate surface area is 430 Å². The fourth-order valence-corrected chi connectivity index (χ4v) is 19.2. The Balaban J connectivity index is 1.06. The van der Waals surface area contributed by atoms with E-state index in [4.69, 9.17) is 6.58 Å². The second-order valence-corrected chi connectivity index (χ2v) is 26.3. The van der Waals surface area contributed by atoms with E-state index in [1.165, 1.54) is 81.5 Å². The standard InChI is InChI=1S/C66H84N2O4/c1-40(2)32-47-25-28-62(4)57(70)27-30-66-53-26-29-63(5)59-50(60(71)72)23-21-41(3)48(43-15-8-7-9-16-43)20-13-31-67-58-24-22-46(39-68-58)44-18-12-14-42(33-44)34-51-49-19-11-10-17-45(49)35-54(66)52(51)36-65(47,61(62)66)37-55(53)64(63,6)38-56(59)69/h10-12,14,17-19,22,24-25,33,35-36,40,43,48,50,54,56-57,59,61,67-70H,3,7-9,13,15-16,20-21,23,26-32,34,37-39H2,1-2,4-6H3,(H,71,72)/t48-,50-,54+,56-,57+,59+,61-,62-,63-,64+,65-,66-/m1/s1. The normalized spacial score (nSPS) is 39.5. The van der Waals surface area contributed by atoms with Crippen molar-refractivity contribution >= 4 is 23.2 Å². The SMILES string of the molecule is C=C1CC[C@@H](C(=O)O)[C@H]2[C@H](O)C[C@@]3(C)C4=C(CC[C@]23C)[C@]23CC[C@H](O)[C@@]5(C)CC=C(CC(C)C)[C@@](C=C6C(=c7ccccc7=C[C@@H]62)Cc2cccc(c2)C2=CC=C(NCCC[C@H]1C1CCCCC1)NC2)(C4)[C@@H]53. The number of aliphatic hydroxyl groups is 2. The van der Waals surface area contributed by atoms with Gasteiger partial charge < -0.3 is 26.0 Å². The average molecular weight is 969 g/mol. The first-order chi connectivity index (χ1) is 34.6. The first-order valence-electron chi connectivity index (χ1n) is 28.8. The molecule has 0 saturated heterocycles. The Hall–Kier alpha value is -4.39. The van der Waals surface area contributed by atoms with E-state index in [1.807, 2.05) is 0 Å². The molecule has 12 atom stereocenters. The zero-order chi connectivity index (χ0) is 50.0. The van der Waals surface area contributed by atoms with E-state index in [2.05, 4.69) is 124 Å². The lowest BCUT2D eigenvalue weighted by atomic mass is 9.30. The van der Waals surface area contributed by atoms with Crippen molar-refractivity contribution in [2.75, 3.05) is 13.1 Å². The first-order valence-corrected chi connectivity index (χ1v) is 28.8. The molecule has 14 bridgehead atoms. The lowest BCUT2D eigenvalue weighted by molar-refractivity contribution is -0.164. The number of rotatable bonds is 4. The van der Waals surface area contributed by atoms with Crippen molar-refractivity contribution < 1.29 is 20.1 Å². The van der Waals surface area contributed by atoms with Gasteiger partial charge in [0.1, 0.15) is 0 Å². The van der Waals surface area contributed by atoms with Gasteiger partial charge in [-0.1, -0.05) is 156 Å². The molecule has 2 spiro atoms. The van der Waals surface area contributed by atoms with Gasteiger partial charge in [0.05, 0.1) is 23.9 Å². The van der Waals surface area contributed by atoms with Crippen LogP contribution in [0.1, 0.15) is 155 Å². The Kier molecular flexibility index (Phi) is 12.1. The second kappa shape index (κ2) is 17.9. The molecule has 6 heteroatoms. The molecule has 0 amide bonds. The molecule has 2 aromatic rings. The molecule has 14 aliphatic rings. The lowest BCUT2D eigenvalue weighted by Crippen LogP contribution is -2.68. The van der Waals surface area contributed by atoms with Crippen LogP contribution in [0.5, 0.6) is 0 Å². The van der Waals surface area contributed by atoms with E-state index in [0.717, 1.165) is 83.1 Å². The molecule has 16 rings (SSSR count). The number of hydrogen-bond acceptors (Lipinski definition) is 5. The van der Waals surface area contributed by atoms with Gasteiger partial charge in [-0.3, -0.25) is 4.79 Å². The summed E-state index contributed by atoms with van der Waals surface area (Å²) in [5, 5.41) is 46.9. The zero-order valence-electron chi connectivity index (χ0n) is 44.3. The molecule has 2 aromatic carbocycles. The first kappa shape index (κ1) is 48.5. The van der Waals surface area contributed by atoms with Crippen molar-refractivity contribution in [3.8, 4) is 0 Å². The van der Waals surface area contributed by atoms with Crippen LogP contribution < -0.4 is 21.1 Å². The van der Waals surface area contributed by atoms with Crippen molar-refractivity contribution in [3.05, 3.63) is 135 Å². The van der Waals surface area contributed by atoms with Gasteiger partial charge in [-0.2, -0.15) is 0 Å². The van der Waals surface area contributed by atoms with E-state index in [-0.39, 0.29) is 39.4 Å². The van der Waals surface area contributed by atoms with E-state index < -0.39 is 29.5 Å². The van der Waals surface area contributed by atoms with E-state index >= 15 is 0 Å². The number of dihydropyridines is 1. The number of fused-ring (bicyclic) bond motifs is 1. The van der Waals surface area contributed by atoms with E-state index in [1.54, 1.807) is 11.1 Å². The lowest BCUT2D eigenvalue weighted by Gasteiger charge is -2.73. The number of nitrogens with one attached hydrogen (secondary N) is 2. The van der Waals surface area contributed by atoms with Gasteiger partial charge in [0.15, 0.2) is 0 Å². The molecule has 382 valence electrons. The van der Waals surface area contributed by atoms with E-state index in [0.29, 0.717) is 37.0 Å².